The van der Waals surface area contributed by atoms with Gasteiger partial charge in [0.1, 0.15) is 5.69 Å². The molecular formula is C12H16N4O2. The van der Waals surface area contributed by atoms with Crippen LogP contribution in [0.1, 0.15) is 6.92 Å². The van der Waals surface area contributed by atoms with E-state index in [1.807, 2.05) is 12.1 Å². The van der Waals surface area contributed by atoms with E-state index in [0.29, 0.717) is 6.54 Å². The van der Waals surface area contributed by atoms with E-state index in [9.17, 15) is 10.2 Å². The normalized spacial score (nSPS) is 11.7. The number of rotatable bonds is 5. The third-order valence-corrected chi connectivity index (χ3v) is 2.82. The topological polar surface area (TPSA) is 84.1 Å². The van der Waals surface area contributed by atoms with Crippen LogP contribution < -0.4 is 0 Å². The average Bonchev–Trinajstić information content (AvgIpc) is 2.88. The van der Waals surface area contributed by atoms with Gasteiger partial charge in [-0.3, -0.25) is 9.67 Å². The molecule has 96 valence electrons. The molecule has 0 fully saturated rings. The summed E-state index contributed by atoms with van der Waals surface area (Å²) >= 11 is 0. The molecule has 2 aromatic rings. The maximum absolute atomic E-state index is 9.24. The van der Waals surface area contributed by atoms with E-state index in [1.165, 1.54) is 0 Å². The number of hydrogen-bond acceptors (Lipinski definition) is 5. The highest BCUT2D eigenvalue weighted by Crippen LogP contribution is 2.19. The van der Waals surface area contributed by atoms with Crippen LogP contribution in [0.3, 0.4) is 0 Å². The van der Waals surface area contributed by atoms with Gasteiger partial charge in [0.2, 0.25) is 0 Å². The smallest absolute Gasteiger partial charge is 0.113 e. The Balaban J connectivity index is 2.16. The van der Waals surface area contributed by atoms with Gasteiger partial charge < -0.3 is 10.2 Å². The Kier molecular flexibility index (Phi) is 3.69. The van der Waals surface area contributed by atoms with E-state index in [-0.39, 0.29) is 13.2 Å². The lowest BCUT2D eigenvalue weighted by atomic mass is 9.93. The van der Waals surface area contributed by atoms with Gasteiger partial charge in [-0.05, 0) is 12.1 Å². The van der Waals surface area contributed by atoms with Crippen molar-refractivity contribution in [1.29, 1.82) is 0 Å². The molecule has 18 heavy (non-hydrogen) atoms. The molecule has 0 saturated heterocycles. The number of aliphatic hydroxyl groups is 2. The molecule has 6 nitrogen and oxygen atoms in total. The van der Waals surface area contributed by atoms with E-state index in [2.05, 4.69) is 15.3 Å². The van der Waals surface area contributed by atoms with E-state index in [0.717, 1.165) is 11.3 Å². The number of aliphatic hydroxyl groups excluding tert-OH is 2. The first-order valence-electron chi connectivity index (χ1n) is 5.69. The molecule has 0 bridgehead atoms. The number of hydrogen-bond donors (Lipinski definition) is 2. The summed E-state index contributed by atoms with van der Waals surface area (Å²) in [4.78, 5) is 3.94. The minimum atomic E-state index is -0.594. The molecule has 2 rings (SSSR count). The summed E-state index contributed by atoms with van der Waals surface area (Å²) < 4.78 is 1.63. The maximum atomic E-state index is 9.24. The van der Waals surface area contributed by atoms with Crippen LogP contribution in [0.2, 0.25) is 0 Å². The van der Waals surface area contributed by atoms with Crippen LogP contribution in [-0.4, -0.2) is 43.4 Å². The molecule has 0 aliphatic carbocycles. The zero-order valence-electron chi connectivity index (χ0n) is 10.2. The molecule has 0 amide bonds. The Morgan fingerprint density at radius 3 is 2.50 bits per heavy atom. The van der Waals surface area contributed by atoms with Gasteiger partial charge in [0.05, 0.1) is 26.0 Å². The molecule has 0 saturated carbocycles. The van der Waals surface area contributed by atoms with Gasteiger partial charge in [0, 0.05) is 23.4 Å². The summed E-state index contributed by atoms with van der Waals surface area (Å²) in [5.41, 5.74) is 1.09. The van der Waals surface area contributed by atoms with E-state index in [4.69, 9.17) is 0 Å². The summed E-state index contributed by atoms with van der Waals surface area (Å²) in [6, 6.07) is 3.71. The van der Waals surface area contributed by atoms with Crippen LogP contribution in [0.25, 0.3) is 11.3 Å². The lowest BCUT2D eigenvalue weighted by Crippen LogP contribution is -2.31. The van der Waals surface area contributed by atoms with Crippen molar-refractivity contribution < 1.29 is 10.2 Å². The van der Waals surface area contributed by atoms with E-state index >= 15 is 0 Å². The quantitative estimate of drug-likeness (QED) is 0.796. The first-order chi connectivity index (χ1) is 8.67. The zero-order chi connectivity index (χ0) is 13.0. The van der Waals surface area contributed by atoms with Gasteiger partial charge in [-0.25, -0.2) is 0 Å². The molecule has 0 atom stereocenters. The lowest BCUT2D eigenvalue weighted by molar-refractivity contribution is 0.0519. The SMILES string of the molecule is CC(CO)(CO)Cn1cc(-c2ccncc2)nn1. The third kappa shape index (κ3) is 2.72. The largest absolute Gasteiger partial charge is 0.396 e. The molecule has 2 aromatic heterocycles. The fourth-order valence-electron chi connectivity index (χ4n) is 1.57. The summed E-state index contributed by atoms with van der Waals surface area (Å²) in [5.74, 6) is 0. The Bertz CT molecular complexity index is 494. The number of nitrogens with zero attached hydrogens (tertiary/aromatic N) is 4. The fraction of sp³-hybridized carbons (Fsp3) is 0.417. The van der Waals surface area contributed by atoms with Crippen molar-refractivity contribution in [1.82, 2.24) is 20.0 Å². The van der Waals surface area contributed by atoms with Crippen LogP contribution in [0.15, 0.2) is 30.7 Å². The van der Waals surface area contributed by atoms with Crippen molar-refractivity contribution in [3.63, 3.8) is 0 Å². The minimum absolute atomic E-state index is 0.103. The predicted molar refractivity (Wildman–Crippen MR) is 65.5 cm³/mol. The van der Waals surface area contributed by atoms with Crippen molar-refractivity contribution >= 4 is 0 Å². The van der Waals surface area contributed by atoms with Crippen molar-refractivity contribution in [2.75, 3.05) is 13.2 Å². The first-order valence-corrected chi connectivity index (χ1v) is 5.69. The van der Waals surface area contributed by atoms with Crippen LogP contribution in [-0.2, 0) is 6.54 Å². The van der Waals surface area contributed by atoms with Crippen LogP contribution in [0.4, 0.5) is 0 Å². The van der Waals surface area contributed by atoms with Crippen LogP contribution >= 0.6 is 0 Å². The summed E-state index contributed by atoms with van der Waals surface area (Å²) in [7, 11) is 0. The molecule has 0 spiro atoms. The molecule has 0 aromatic carbocycles. The average molecular weight is 248 g/mol. The van der Waals surface area contributed by atoms with Crippen LogP contribution in [0.5, 0.6) is 0 Å². The van der Waals surface area contributed by atoms with Crippen molar-refractivity contribution in [3.05, 3.63) is 30.7 Å². The molecule has 0 unspecified atom stereocenters. The molecule has 0 aliphatic heterocycles. The highest BCUT2D eigenvalue weighted by Gasteiger charge is 2.23. The predicted octanol–water partition coefficient (Wildman–Crippen LogP) is 0.331. The van der Waals surface area contributed by atoms with Gasteiger partial charge in [-0.15, -0.1) is 5.10 Å². The van der Waals surface area contributed by atoms with E-state index < -0.39 is 5.41 Å². The molecular weight excluding hydrogens is 232 g/mol. The zero-order valence-corrected chi connectivity index (χ0v) is 10.2. The van der Waals surface area contributed by atoms with Crippen LogP contribution in [0, 0.1) is 5.41 Å². The monoisotopic (exact) mass is 248 g/mol. The van der Waals surface area contributed by atoms with Crippen molar-refractivity contribution in [2.24, 2.45) is 5.41 Å². The van der Waals surface area contributed by atoms with Crippen molar-refractivity contribution in [3.8, 4) is 11.3 Å². The highest BCUT2D eigenvalue weighted by molar-refractivity contribution is 5.56. The molecule has 2 N–H and O–H groups in total. The molecule has 6 heteroatoms. The second-order valence-electron chi connectivity index (χ2n) is 4.66. The van der Waals surface area contributed by atoms with Gasteiger partial charge in [-0.1, -0.05) is 12.1 Å². The Morgan fingerprint density at radius 1 is 1.22 bits per heavy atom. The highest BCUT2D eigenvalue weighted by atomic mass is 16.3. The maximum Gasteiger partial charge on any atom is 0.113 e. The van der Waals surface area contributed by atoms with Gasteiger partial charge in [0.15, 0.2) is 0 Å². The minimum Gasteiger partial charge on any atom is -0.396 e. The molecule has 0 aliphatic rings. The first kappa shape index (κ1) is 12.7. The molecule has 2 heterocycles. The summed E-state index contributed by atoms with van der Waals surface area (Å²) in [5, 5.41) is 26.5. The Labute approximate surface area is 105 Å². The van der Waals surface area contributed by atoms with Gasteiger partial charge in [-0.2, -0.15) is 0 Å². The molecule has 0 radical (unpaired) electrons. The standard InChI is InChI=1S/C12H16N4O2/c1-12(8-17,9-18)7-16-6-11(14-15-16)10-2-4-13-5-3-10/h2-6,17-18H,7-9H2,1H3. The van der Waals surface area contributed by atoms with Gasteiger partial charge >= 0.3 is 0 Å². The Hall–Kier alpha value is -1.79. The second-order valence-corrected chi connectivity index (χ2v) is 4.66. The Morgan fingerprint density at radius 2 is 1.89 bits per heavy atom. The fourth-order valence-corrected chi connectivity index (χ4v) is 1.57. The second kappa shape index (κ2) is 5.24. The van der Waals surface area contributed by atoms with E-state index in [1.54, 1.807) is 30.2 Å². The van der Waals surface area contributed by atoms with Gasteiger partial charge in [0.25, 0.3) is 0 Å². The number of pyridine rings is 1. The third-order valence-electron chi connectivity index (χ3n) is 2.82. The number of aromatic nitrogens is 4. The van der Waals surface area contributed by atoms with Crippen molar-refractivity contribution in [2.45, 2.75) is 13.5 Å². The summed E-state index contributed by atoms with van der Waals surface area (Å²) in [6.07, 6.45) is 5.18. The summed E-state index contributed by atoms with van der Waals surface area (Å²) in [6.45, 7) is 2.00. The lowest BCUT2D eigenvalue weighted by Gasteiger charge is -2.23.